The van der Waals surface area contributed by atoms with Crippen molar-refractivity contribution in [3.63, 3.8) is 0 Å². The van der Waals surface area contributed by atoms with Gasteiger partial charge in [0.25, 0.3) is 0 Å². The predicted molar refractivity (Wildman–Crippen MR) is 73.8 cm³/mol. The molecule has 0 bridgehead atoms. The Hall–Kier alpha value is -0.840. The molecule has 17 heavy (non-hydrogen) atoms. The van der Waals surface area contributed by atoms with Gasteiger partial charge in [0.1, 0.15) is 0 Å². The highest BCUT2D eigenvalue weighted by atomic mass is 79.9. The first-order valence-electron chi connectivity index (χ1n) is 4.82. The van der Waals surface area contributed by atoms with E-state index in [0.717, 1.165) is 19.8 Å². The topological polar surface area (TPSA) is 37.3 Å². The molecule has 0 radical (unpaired) electrons. The van der Waals surface area contributed by atoms with Gasteiger partial charge in [-0.1, -0.05) is 23.7 Å². The Labute approximate surface area is 116 Å². The fourth-order valence-electron chi connectivity index (χ4n) is 1.45. The SMILES string of the molecule is O=C(O)Cc1cc(Br)c(-c2ccc(Cl)cc2)s1. The van der Waals surface area contributed by atoms with Crippen LogP contribution in [0.15, 0.2) is 34.8 Å². The summed E-state index contributed by atoms with van der Waals surface area (Å²) in [5, 5.41) is 9.44. The van der Waals surface area contributed by atoms with Crippen LogP contribution in [0.2, 0.25) is 5.02 Å². The second-order valence-corrected chi connectivity index (χ2v) is 5.89. The minimum atomic E-state index is -0.818. The van der Waals surface area contributed by atoms with Gasteiger partial charge in [0.15, 0.2) is 0 Å². The summed E-state index contributed by atoms with van der Waals surface area (Å²) in [6.45, 7) is 0. The van der Waals surface area contributed by atoms with Crippen LogP contribution in [0, 0.1) is 0 Å². The third kappa shape index (κ3) is 3.09. The molecule has 0 atom stereocenters. The minimum absolute atomic E-state index is 0.0524. The zero-order valence-corrected chi connectivity index (χ0v) is 11.8. The molecule has 1 heterocycles. The number of carbonyl (C=O) groups is 1. The zero-order valence-electron chi connectivity index (χ0n) is 8.61. The molecule has 0 aliphatic rings. The molecule has 2 rings (SSSR count). The lowest BCUT2D eigenvalue weighted by molar-refractivity contribution is -0.136. The Morgan fingerprint density at radius 2 is 2.00 bits per heavy atom. The molecule has 0 spiro atoms. The number of carboxylic acids is 1. The third-order valence-electron chi connectivity index (χ3n) is 2.17. The molecule has 5 heteroatoms. The van der Waals surface area contributed by atoms with E-state index >= 15 is 0 Å². The summed E-state index contributed by atoms with van der Waals surface area (Å²) >= 11 is 10.7. The van der Waals surface area contributed by atoms with Crippen molar-refractivity contribution < 1.29 is 9.90 Å². The largest absolute Gasteiger partial charge is 0.481 e. The highest BCUT2D eigenvalue weighted by Gasteiger charge is 2.11. The van der Waals surface area contributed by atoms with E-state index in [1.165, 1.54) is 11.3 Å². The number of carboxylic acid groups (broad SMARTS) is 1. The number of halogens is 2. The van der Waals surface area contributed by atoms with Gasteiger partial charge >= 0.3 is 5.97 Å². The first-order chi connectivity index (χ1) is 8.06. The Bertz CT molecular complexity index is 548. The van der Waals surface area contributed by atoms with Crippen molar-refractivity contribution in [3.05, 3.63) is 44.7 Å². The van der Waals surface area contributed by atoms with Crippen molar-refractivity contribution in [2.75, 3.05) is 0 Å². The number of benzene rings is 1. The van der Waals surface area contributed by atoms with Crippen LogP contribution in [0.1, 0.15) is 4.88 Å². The summed E-state index contributed by atoms with van der Waals surface area (Å²) in [4.78, 5) is 12.5. The summed E-state index contributed by atoms with van der Waals surface area (Å²) in [5.41, 5.74) is 1.03. The molecule has 0 unspecified atom stereocenters. The van der Waals surface area contributed by atoms with Crippen molar-refractivity contribution in [2.45, 2.75) is 6.42 Å². The Kier molecular flexibility index (Phi) is 3.86. The number of hydrogen-bond acceptors (Lipinski definition) is 2. The van der Waals surface area contributed by atoms with E-state index < -0.39 is 5.97 Å². The maximum atomic E-state index is 10.6. The molecular weight excluding hydrogens is 324 g/mol. The molecule has 88 valence electrons. The van der Waals surface area contributed by atoms with E-state index in [0.29, 0.717) is 5.02 Å². The summed E-state index contributed by atoms with van der Waals surface area (Å²) in [6, 6.07) is 9.33. The standard InChI is InChI=1S/C12H8BrClO2S/c13-10-5-9(6-11(15)16)17-12(10)7-1-3-8(14)4-2-7/h1-5H,6H2,(H,15,16). The van der Waals surface area contributed by atoms with Crippen LogP contribution in [0.4, 0.5) is 0 Å². The summed E-state index contributed by atoms with van der Waals surface area (Å²) < 4.78 is 0.918. The van der Waals surface area contributed by atoms with Gasteiger partial charge < -0.3 is 5.11 Å². The van der Waals surface area contributed by atoms with Gasteiger partial charge in [-0.25, -0.2) is 0 Å². The molecule has 1 aromatic heterocycles. The summed E-state index contributed by atoms with van der Waals surface area (Å²) in [5.74, 6) is -0.818. The molecule has 2 aromatic rings. The monoisotopic (exact) mass is 330 g/mol. The van der Waals surface area contributed by atoms with E-state index in [-0.39, 0.29) is 6.42 Å². The molecule has 1 aromatic carbocycles. The van der Waals surface area contributed by atoms with E-state index in [1.54, 1.807) is 0 Å². The molecule has 0 aliphatic carbocycles. The average molecular weight is 332 g/mol. The fourth-order valence-corrected chi connectivity index (χ4v) is 3.52. The van der Waals surface area contributed by atoms with Crippen LogP contribution in [0.25, 0.3) is 10.4 Å². The predicted octanol–water partition coefficient (Wildman–Crippen LogP) is 4.46. The molecular formula is C12H8BrClO2S. The van der Waals surface area contributed by atoms with E-state index in [4.69, 9.17) is 16.7 Å². The molecule has 2 nitrogen and oxygen atoms in total. The molecule has 0 amide bonds. The smallest absolute Gasteiger partial charge is 0.308 e. The Morgan fingerprint density at radius 1 is 1.35 bits per heavy atom. The van der Waals surface area contributed by atoms with Crippen LogP contribution in [0.3, 0.4) is 0 Å². The van der Waals surface area contributed by atoms with Crippen LogP contribution in [0.5, 0.6) is 0 Å². The summed E-state index contributed by atoms with van der Waals surface area (Å²) in [6.07, 6.45) is 0.0524. The van der Waals surface area contributed by atoms with Gasteiger partial charge in [-0.2, -0.15) is 0 Å². The van der Waals surface area contributed by atoms with Gasteiger partial charge in [-0.3, -0.25) is 4.79 Å². The van der Waals surface area contributed by atoms with Crippen molar-refractivity contribution in [1.82, 2.24) is 0 Å². The number of thiophene rings is 1. The minimum Gasteiger partial charge on any atom is -0.481 e. The molecule has 0 saturated carbocycles. The van der Waals surface area contributed by atoms with Crippen molar-refractivity contribution in [2.24, 2.45) is 0 Å². The highest BCUT2D eigenvalue weighted by Crippen LogP contribution is 2.37. The van der Waals surface area contributed by atoms with Crippen LogP contribution in [-0.4, -0.2) is 11.1 Å². The first-order valence-corrected chi connectivity index (χ1v) is 6.81. The number of rotatable bonds is 3. The zero-order chi connectivity index (χ0) is 12.4. The molecule has 0 fully saturated rings. The first kappa shape index (κ1) is 12.6. The highest BCUT2D eigenvalue weighted by molar-refractivity contribution is 9.10. The summed E-state index contributed by atoms with van der Waals surface area (Å²) in [7, 11) is 0. The van der Waals surface area contributed by atoms with Crippen LogP contribution < -0.4 is 0 Å². The van der Waals surface area contributed by atoms with Crippen molar-refractivity contribution in [3.8, 4) is 10.4 Å². The van der Waals surface area contributed by atoms with Crippen LogP contribution >= 0.6 is 38.9 Å². The average Bonchev–Trinajstić information content (AvgIpc) is 2.59. The lowest BCUT2D eigenvalue weighted by Crippen LogP contribution is -1.96. The van der Waals surface area contributed by atoms with Gasteiger partial charge in [0, 0.05) is 19.2 Å². The molecule has 0 aliphatic heterocycles. The third-order valence-corrected chi connectivity index (χ3v) is 4.49. The number of hydrogen-bond donors (Lipinski definition) is 1. The van der Waals surface area contributed by atoms with Crippen molar-refractivity contribution >= 4 is 44.8 Å². The Morgan fingerprint density at radius 3 is 2.59 bits per heavy atom. The van der Waals surface area contributed by atoms with Gasteiger partial charge in [-0.15, -0.1) is 11.3 Å². The van der Waals surface area contributed by atoms with Crippen molar-refractivity contribution in [1.29, 1.82) is 0 Å². The van der Waals surface area contributed by atoms with Gasteiger partial charge in [-0.05, 0) is 39.7 Å². The molecule has 0 saturated heterocycles. The maximum Gasteiger partial charge on any atom is 0.308 e. The lowest BCUT2D eigenvalue weighted by Gasteiger charge is -1.98. The maximum absolute atomic E-state index is 10.6. The second kappa shape index (κ2) is 5.21. The lowest BCUT2D eigenvalue weighted by atomic mass is 10.2. The second-order valence-electron chi connectivity index (χ2n) is 3.47. The number of aliphatic carboxylic acids is 1. The van der Waals surface area contributed by atoms with E-state index in [2.05, 4.69) is 15.9 Å². The van der Waals surface area contributed by atoms with Crippen LogP contribution in [-0.2, 0) is 11.2 Å². The Balaban J connectivity index is 2.35. The van der Waals surface area contributed by atoms with Gasteiger partial charge in [0.05, 0.1) is 6.42 Å². The molecule has 1 N–H and O–H groups in total. The fraction of sp³-hybridized carbons (Fsp3) is 0.0833. The van der Waals surface area contributed by atoms with E-state index in [9.17, 15) is 4.79 Å². The quantitative estimate of drug-likeness (QED) is 0.901. The van der Waals surface area contributed by atoms with E-state index in [1.807, 2.05) is 30.3 Å². The normalized spacial score (nSPS) is 10.5. The van der Waals surface area contributed by atoms with Gasteiger partial charge in [0.2, 0.25) is 0 Å².